The van der Waals surface area contributed by atoms with E-state index in [0.717, 1.165) is 51.9 Å². The van der Waals surface area contributed by atoms with Gasteiger partial charge in [0.1, 0.15) is 5.54 Å². The fraction of sp³-hybridized carbons (Fsp3) is 0.619. The zero-order valence-corrected chi connectivity index (χ0v) is 16.4. The summed E-state index contributed by atoms with van der Waals surface area (Å²) in [6.45, 7) is 8.18. The molecule has 1 aromatic carbocycles. The van der Waals surface area contributed by atoms with Crippen molar-refractivity contribution in [1.82, 2.24) is 15.1 Å². The minimum absolute atomic E-state index is 0.0129. The van der Waals surface area contributed by atoms with Gasteiger partial charge in [-0.15, -0.1) is 0 Å². The predicted octanol–water partition coefficient (Wildman–Crippen LogP) is 2.58. The highest BCUT2D eigenvalue weighted by molar-refractivity contribution is 6.07. The Morgan fingerprint density at radius 1 is 1.11 bits per heavy atom. The number of piperazine rings is 1. The van der Waals surface area contributed by atoms with Crippen molar-refractivity contribution in [3.63, 3.8) is 0 Å². The molecular weight excluding hydrogens is 340 g/mol. The van der Waals surface area contributed by atoms with Gasteiger partial charge in [0.15, 0.2) is 0 Å². The number of benzene rings is 1. The van der Waals surface area contributed by atoms with Crippen molar-refractivity contribution in [3.05, 3.63) is 29.8 Å². The van der Waals surface area contributed by atoms with Crippen LogP contribution in [0.15, 0.2) is 24.3 Å². The second-order valence-corrected chi connectivity index (χ2v) is 8.31. The number of carbonyl (C=O) groups is 2. The Labute approximate surface area is 161 Å². The Hall–Kier alpha value is -2.08. The van der Waals surface area contributed by atoms with E-state index in [-0.39, 0.29) is 17.9 Å². The van der Waals surface area contributed by atoms with Gasteiger partial charge in [0.05, 0.1) is 6.67 Å². The Bertz CT molecular complexity index is 729. The molecule has 4 rings (SSSR count). The summed E-state index contributed by atoms with van der Waals surface area (Å²) in [4.78, 5) is 31.7. The van der Waals surface area contributed by atoms with Crippen molar-refractivity contribution in [3.8, 4) is 0 Å². The molecule has 1 aliphatic carbocycles. The van der Waals surface area contributed by atoms with E-state index in [0.29, 0.717) is 6.67 Å². The molecular formula is C21H30N4O2. The number of anilines is 1. The number of rotatable bonds is 3. The number of imide groups is 1. The lowest BCUT2D eigenvalue weighted by Crippen LogP contribution is -2.55. The summed E-state index contributed by atoms with van der Waals surface area (Å²) in [5.41, 5.74) is 1.91. The summed E-state index contributed by atoms with van der Waals surface area (Å²) in [6, 6.07) is 8.23. The van der Waals surface area contributed by atoms with Crippen LogP contribution < -0.4 is 10.2 Å². The number of aryl methyl sites for hydroxylation is 1. The molecule has 1 aromatic rings. The molecule has 6 heteroatoms. The Balaban J connectivity index is 1.38. The fourth-order valence-electron chi connectivity index (χ4n) is 4.87. The molecule has 6 nitrogen and oxygen atoms in total. The lowest BCUT2D eigenvalue weighted by atomic mass is 9.73. The van der Waals surface area contributed by atoms with Crippen molar-refractivity contribution in [2.75, 3.05) is 37.7 Å². The number of nitrogens with one attached hydrogen (secondary N) is 1. The van der Waals surface area contributed by atoms with Gasteiger partial charge in [-0.25, -0.2) is 9.69 Å². The highest BCUT2D eigenvalue weighted by Gasteiger charge is 2.55. The second-order valence-electron chi connectivity index (χ2n) is 8.31. The van der Waals surface area contributed by atoms with Crippen molar-refractivity contribution in [2.45, 2.75) is 45.1 Å². The molecule has 0 bridgehead atoms. The molecule has 1 saturated carbocycles. The number of para-hydroxylation sites is 1. The summed E-state index contributed by atoms with van der Waals surface area (Å²) in [5.74, 6) is 0.201. The Morgan fingerprint density at radius 2 is 1.85 bits per heavy atom. The van der Waals surface area contributed by atoms with Gasteiger partial charge in [-0.2, -0.15) is 0 Å². The van der Waals surface area contributed by atoms with Gasteiger partial charge >= 0.3 is 6.03 Å². The minimum atomic E-state index is -0.654. The number of urea groups is 1. The summed E-state index contributed by atoms with van der Waals surface area (Å²) >= 11 is 0. The molecule has 146 valence electrons. The standard InChI is InChI=1S/C21H30N4O2/c1-16-7-3-4-9-18(16)24-13-11-23(12-14-24)15-25-19(26)21(22-20(25)27)10-6-5-8-17(21)2/h3-4,7,9,17H,5-6,8,10-15H2,1-2H3,(H,22,27). The van der Waals surface area contributed by atoms with E-state index < -0.39 is 5.54 Å². The largest absolute Gasteiger partial charge is 0.369 e. The molecule has 0 aromatic heterocycles. The highest BCUT2D eigenvalue weighted by Crippen LogP contribution is 2.38. The van der Waals surface area contributed by atoms with Gasteiger partial charge in [0, 0.05) is 31.9 Å². The molecule has 3 amide bonds. The molecule has 2 saturated heterocycles. The average molecular weight is 370 g/mol. The van der Waals surface area contributed by atoms with E-state index in [1.165, 1.54) is 16.2 Å². The maximum absolute atomic E-state index is 13.1. The monoisotopic (exact) mass is 370 g/mol. The summed E-state index contributed by atoms with van der Waals surface area (Å²) in [6.07, 6.45) is 3.94. The van der Waals surface area contributed by atoms with E-state index in [1.54, 1.807) is 0 Å². The van der Waals surface area contributed by atoms with Crippen molar-refractivity contribution >= 4 is 17.6 Å². The first kappa shape index (κ1) is 18.3. The second kappa shape index (κ2) is 7.15. The quantitative estimate of drug-likeness (QED) is 0.831. The minimum Gasteiger partial charge on any atom is -0.369 e. The van der Waals surface area contributed by atoms with E-state index in [2.05, 4.69) is 53.2 Å². The third-order valence-electron chi connectivity index (χ3n) is 6.67. The molecule has 2 atom stereocenters. The van der Waals surface area contributed by atoms with Crippen LogP contribution in [0.4, 0.5) is 10.5 Å². The van der Waals surface area contributed by atoms with Crippen LogP contribution in [0.5, 0.6) is 0 Å². The smallest absolute Gasteiger partial charge is 0.326 e. The highest BCUT2D eigenvalue weighted by atomic mass is 16.2. The van der Waals surface area contributed by atoms with Gasteiger partial charge < -0.3 is 10.2 Å². The molecule has 2 unspecified atom stereocenters. The first-order valence-corrected chi connectivity index (χ1v) is 10.2. The van der Waals surface area contributed by atoms with Crippen LogP contribution in [0.3, 0.4) is 0 Å². The van der Waals surface area contributed by atoms with Crippen LogP contribution in [0.25, 0.3) is 0 Å². The van der Waals surface area contributed by atoms with Crippen molar-refractivity contribution < 1.29 is 9.59 Å². The van der Waals surface area contributed by atoms with Crippen molar-refractivity contribution in [2.24, 2.45) is 5.92 Å². The number of hydrogen-bond donors (Lipinski definition) is 1. The van der Waals surface area contributed by atoms with Crippen LogP contribution in [0.2, 0.25) is 0 Å². The molecule has 1 N–H and O–H groups in total. The third-order valence-corrected chi connectivity index (χ3v) is 6.67. The average Bonchev–Trinajstić information content (AvgIpc) is 2.90. The summed E-state index contributed by atoms with van der Waals surface area (Å²) in [7, 11) is 0. The zero-order valence-electron chi connectivity index (χ0n) is 16.4. The summed E-state index contributed by atoms with van der Waals surface area (Å²) < 4.78 is 0. The molecule has 3 aliphatic rings. The van der Waals surface area contributed by atoms with Gasteiger partial charge in [0.2, 0.25) is 0 Å². The fourth-order valence-corrected chi connectivity index (χ4v) is 4.87. The van der Waals surface area contributed by atoms with Crippen LogP contribution in [-0.2, 0) is 4.79 Å². The maximum atomic E-state index is 13.1. The van der Waals surface area contributed by atoms with Crippen LogP contribution >= 0.6 is 0 Å². The number of hydrogen-bond acceptors (Lipinski definition) is 4. The Morgan fingerprint density at radius 3 is 2.56 bits per heavy atom. The number of nitrogens with zero attached hydrogens (tertiary/aromatic N) is 3. The molecule has 2 heterocycles. The first-order valence-electron chi connectivity index (χ1n) is 10.2. The number of amides is 3. The van der Waals surface area contributed by atoms with E-state index in [9.17, 15) is 9.59 Å². The zero-order chi connectivity index (χ0) is 19.0. The third kappa shape index (κ3) is 3.20. The van der Waals surface area contributed by atoms with Gasteiger partial charge in [0.25, 0.3) is 5.91 Å². The van der Waals surface area contributed by atoms with Crippen molar-refractivity contribution in [1.29, 1.82) is 0 Å². The molecule has 27 heavy (non-hydrogen) atoms. The molecule has 1 spiro atoms. The Kier molecular flexibility index (Phi) is 4.84. The lowest BCUT2D eigenvalue weighted by Gasteiger charge is -2.39. The van der Waals surface area contributed by atoms with Gasteiger partial charge in [-0.3, -0.25) is 9.69 Å². The van der Waals surface area contributed by atoms with Crippen LogP contribution in [0.1, 0.15) is 38.2 Å². The van der Waals surface area contributed by atoms with E-state index in [4.69, 9.17) is 0 Å². The first-order chi connectivity index (χ1) is 13.0. The topological polar surface area (TPSA) is 55.9 Å². The molecule has 3 fully saturated rings. The lowest BCUT2D eigenvalue weighted by molar-refractivity contribution is -0.135. The molecule has 2 aliphatic heterocycles. The maximum Gasteiger partial charge on any atom is 0.326 e. The molecule has 0 radical (unpaired) electrons. The normalized spacial score (nSPS) is 29.5. The van der Waals surface area contributed by atoms with Gasteiger partial charge in [-0.05, 0) is 37.3 Å². The predicted molar refractivity (Wildman–Crippen MR) is 106 cm³/mol. The number of carbonyl (C=O) groups excluding carboxylic acids is 2. The van der Waals surface area contributed by atoms with E-state index in [1.807, 2.05) is 0 Å². The van der Waals surface area contributed by atoms with E-state index >= 15 is 0 Å². The van der Waals surface area contributed by atoms with Gasteiger partial charge in [-0.1, -0.05) is 38.0 Å². The van der Waals surface area contributed by atoms with Crippen LogP contribution in [0, 0.1) is 12.8 Å². The SMILES string of the molecule is Cc1ccccc1N1CCN(CN2C(=O)NC3(CCCCC3C)C2=O)CC1. The van der Waals surface area contributed by atoms with Crippen LogP contribution in [-0.4, -0.2) is 60.1 Å². The summed E-state index contributed by atoms with van der Waals surface area (Å²) in [5, 5.41) is 3.05.